The van der Waals surface area contributed by atoms with Crippen LogP contribution in [0.5, 0.6) is 0 Å². The summed E-state index contributed by atoms with van der Waals surface area (Å²) in [6.07, 6.45) is 1.15. The third-order valence-electron chi connectivity index (χ3n) is 4.19. The minimum absolute atomic E-state index is 0.337. The van der Waals surface area contributed by atoms with Crippen LogP contribution in [0.2, 0.25) is 19.6 Å². The molecular formula is C19H25NOSi. The van der Waals surface area contributed by atoms with Crippen molar-refractivity contribution in [2.24, 2.45) is 0 Å². The molecule has 0 bridgehead atoms. The zero-order valence-electron chi connectivity index (χ0n) is 13.7. The van der Waals surface area contributed by atoms with Gasteiger partial charge in [0.05, 0.1) is 0 Å². The highest BCUT2D eigenvalue weighted by atomic mass is 28.4. The minimum atomic E-state index is -1.74. The molecule has 3 heteroatoms. The van der Waals surface area contributed by atoms with Crippen molar-refractivity contribution in [3.05, 3.63) is 71.8 Å². The molecule has 1 aliphatic rings. The fourth-order valence-electron chi connectivity index (χ4n) is 3.25. The Morgan fingerprint density at radius 3 is 1.68 bits per heavy atom. The molecule has 1 fully saturated rings. The van der Waals surface area contributed by atoms with Gasteiger partial charge in [-0.15, -0.1) is 0 Å². The van der Waals surface area contributed by atoms with E-state index in [1.54, 1.807) is 0 Å². The summed E-state index contributed by atoms with van der Waals surface area (Å²) in [7, 11) is -1.74. The van der Waals surface area contributed by atoms with Gasteiger partial charge in [0.25, 0.3) is 0 Å². The van der Waals surface area contributed by atoms with Crippen molar-refractivity contribution >= 4 is 8.32 Å². The van der Waals surface area contributed by atoms with E-state index < -0.39 is 8.32 Å². The molecule has 22 heavy (non-hydrogen) atoms. The lowest BCUT2D eigenvalue weighted by atomic mass is 9.76. The van der Waals surface area contributed by atoms with E-state index in [-0.39, 0.29) is 5.60 Å². The van der Waals surface area contributed by atoms with Gasteiger partial charge in [-0.2, -0.15) is 0 Å². The summed E-state index contributed by atoms with van der Waals surface area (Å²) in [6, 6.07) is 21.7. The van der Waals surface area contributed by atoms with Crippen LogP contribution in [0.25, 0.3) is 0 Å². The van der Waals surface area contributed by atoms with Crippen molar-refractivity contribution in [1.29, 1.82) is 0 Å². The molecule has 3 rings (SSSR count). The first kappa shape index (κ1) is 15.5. The first-order chi connectivity index (χ1) is 10.5. The predicted molar refractivity (Wildman–Crippen MR) is 94.5 cm³/mol. The Balaban J connectivity index is 2.18. The highest BCUT2D eigenvalue weighted by Crippen LogP contribution is 2.42. The van der Waals surface area contributed by atoms with Gasteiger partial charge >= 0.3 is 0 Å². The van der Waals surface area contributed by atoms with Gasteiger partial charge < -0.3 is 9.74 Å². The van der Waals surface area contributed by atoms with Crippen molar-refractivity contribution in [2.45, 2.75) is 37.7 Å². The molecule has 0 unspecified atom stereocenters. The van der Waals surface area contributed by atoms with E-state index in [0.29, 0.717) is 6.04 Å². The van der Waals surface area contributed by atoms with Crippen LogP contribution in [0.4, 0.5) is 0 Å². The van der Waals surface area contributed by atoms with Gasteiger partial charge in [-0.3, -0.25) is 0 Å². The Morgan fingerprint density at radius 1 is 0.909 bits per heavy atom. The normalized spacial score (nSPS) is 18.8. The van der Waals surface area contributed by atoms with Gasteiger partial charge in [0.15, 0.2) is 8.32 Å². The second-order valence-electron chi connectivity index (χ2n) is 6.98. The molecule has 1 atom stereocenters. The average molecular weight is 312 g/mol. The summed E-state index contributed by atoms with van der Waals surface area (Å²) in [5.41, 5.74) is 2.12. The van der Waals surface area contributed by atoms with Gasteiger partial charge in [0, 0.05) is 6.04 Å². The zero-order valence-corrected chi connectivity index (χ0v) is 14.7. The quantitative estimate of drug-likeness (QED) is 0.838. The molecule has 0 amide bonds. The van der Waals surface area contributed by atoms with E-state index in [1.165, 1.54) is 11.1 Å². The van der Waals surface area contributed by atoms with Crippen LogP contribution in [0.1, 0.15) is 17.5 Å². The molecular weight excluding hydrogens is 286 g/mol. The number of hydrogen-bond donors (Lipinski definition) is 1. The summed E-state index contributed by atoms with van der Waals surface area (Å²) < 4.78 is 6.88. The van der Waals surface area contributed by atoms with Crippen LogP contribution in [-0.4, -0.2) is 20.9 Å². The van der Waals surface area contributed by atoms with Crippen LogP contribution in [0.15, 0.2) is 60.7 Å². The van der Waals surface area contributed by atoms with Crippen LogP contribution >= 0.6 is 0 Å². The summed E-state index contributed by atoms with van der Waals surface area (Å²) in [6.45, 7) is 7.88. The molecule has 0 radical (unpaired) electrons. The van der Waals surface area contributed by atoms with Crippen LogP contribution in [0, 0.1) is 0 Å². The molecule has 2 nitrogen and oxygen atoms in total. The fourth-order valence-corrected chi connectivity index (χ4v) is 4.59. The maximum atomic E-state index is 6.88. The summed E-state index contributed by atoms with van der Waals surface area (Å²) in [5, 5.41) is 3.60. The molecule has 1 heterocycles. The van der Waals surface area contributed by atoms with E-state index in [1.807, 2.05) is 0 Å². The SMILES string of the molecule is C[Si](C)(C)OC(c1ccccc1)(c1ccccc1)[C@@H]1CCN1. The summed E-state index contributed by atoms with van der Waals surface area (Å²) >= 11 is 0. The van der Waals surface area contributed by atoms with Crippen molar-refractivity contribution in [2.75, 3.05) is 6.54 Å². The second-order valence-corrected chi connectivity index (χ2v) is 11.4. The van der Waals surface area contributed by atoms with Gasteiger partial charge in [-0.05, 0) is 43.7 Å². The smallest absolute Gasteiger partial charge is 0.185 e. The topological polar surface area (TPSA) is 21.3 Å². The molecule has 0 spiro atoms. The van der Waals surface area contributed by atoms with Gasteiger partial charge in [0.1, 0.15) is 5.60 Å². The average Bonchev–Trinajstić information content (AvgIpc) is 2.45. The van der Waals surface area contributed by atoms with Crippen LogP contribution in [0.3, 0.4) is 0 Å². The van der Waals surface area contributed by atoms with Gasteiger partial charge in [-0.1, -0.05) is 60.7 Å². The standard InChI is InChI=1S/C19H25NOSi/c1-22(2,3)21-19(18-14-15-20-18,16-10-6-4-7-11-16)17-12-8-5-9-13-17/h4-13,18,20H,14-15H2,1-3H3/t18-/m0/s1. The van der Waals surface area contributed by atoms with Crippen molar-refractivity contribution in [3.8, 4) is 0 Å². The largest absolute Gasteiger partial charge is 0.403 e. The van der Waals surface area contributed by atoms with Crippen molar-refractivity contribution in [3.63, 3.8) is 0 Å². The Bertz CT molecular complexity index is 563. The predicted octanol–water partition coefficient (Wildman–Crippen LogP) is 4.14. The van der Waals surface area contributed by atoms with Crippen molar-refractivity contribution < 1.29 is 4.43 Å². The molecule has 2 aromatic carbocycles. The number of nitrogens with one attached hydrogen (secondary N) is 1. The molecule has 0 saturated carbocycles. The third-order valence-corrected chi connectivity index (χ3v) is 5.12. The Morgan fingerprint density at radius 2 is 1.36 bits per heavy atom. The first-order valence-corrected chi connectivity index (χ1v) is 11.5. The molecule has 116 valence electrons. The van der Waals surface area contributed by atoms with Crippen LogP contribution in [-0.2, 0) is 10.0 Å². The third kappa shape index (κ3) is 2.89. The Kier molecular flexibility index (Phi) is 4.21. The molecule has 1 N–H and O–H groups in total. The molecule has 1 saturated heterocycles. The maximum Gasteiger partial charge on any atom is 0.185 e. The molecule has 1 aliphatic heterocycles. The minimum Gasteiger partial charge on any atom is -0.403 e. The highest BCUT2D eigenvalue weighted by molar-refractivity contribution is 6.69. The van der Waals surface area contributed by atoms with Crippen LogP contribution < -0.4 is 5.32 Å². The van der Waals surface area contributed by atoms with E-state index in [9.17, 15) is 0 Å². The Hall–Kier alpha value is -1.42. The zero-order chi connectivity index (χ0) is 15.6. The fraction of sp³-hybridized carbons (Fsp3) is 0.368. The van der Waals surface area contributed by atoms with E-state index in [2.05, 4.69) is 85.6 Å². The molecule has 2 aromatic rings. The molecule has 0 aliphatic carbocycles. The molecule has 0 aromatic heterocycles. The Labute approximate surface area is 134 Å². The second kappa shape index (κ2) is 5.99. The lowest BCUT2D eigenvalue weighted by molar-refractivity contribution is 0.0291. The summed E-state index contributed by atoms with van der Waals surface area (Å²) in [4.78, 5) is 0. The monoisotopic (exact) mass is 311 g/mol. The van der Waals surface area contributed by atoms with E-state index >= 15 is 0 Å². The maximum absolute atomic E-state index is 6.88. The van der Waals surface area contributed by atoms with Gasteiger partial charge in [0.2, 0.25) is 0 Å². The lowest BCUT2D eigenvalue weighted by Gasteiger charge is -2.49. The number of rotatable bonds is 5. The lowest BCUT2D eigenvalue weighted by Crippen LogP contribution is -2.61. The van der Waals surface area contributed by atoms with Crippen molar-refractivity contribution in [1.82, 2.24) is 5.32 Å². The van der Waals surface area contributed by atoms with E-state index in [0.717, 1.165) is 13.0 Å². The van der Waals surface area contributed by atoms with E-state index in [4.69, 9.17) is 4.43 Å². The summed E-state index contributed by atoms with van der Waals surface area (Å²) in [5.74, 6) is 0. The highest BCUT2D eigenvalue weighted by Gasteiger charge is 2.48. The number of hydrogen-bond acceptors (Lipinski definition) is 2. The first-order valence-electron chi connectivity index (χ1n) is 8.07. The number of benzene rings is 2. The van der Waals surface area contributed by atoms with Gasteiger partial charge in [-0.25, -0.2) is 0 Å².